The van der Waals surface area contributed by atoms with E-state index in [9.17, 15) is 13.6 Å². The van der Waals surface area contributed by atoms with Crippen LogP contribution in [-0.2, 0) is 17.8 Å². The Hall–Kier alpha value is -2.52. The Balaban J connectivity index is 1.76. The van der Waals surface area contributed by atoms with Crippen LogP contribution in [0.4, 0.5) is 14.5 Å². The van der Waals surface area contributed by atoms with E-state index in [-0.39, 0.29) is 11.4 Å². The highest BCUT2D eigenvalue weighted by molar-refractivity contribution is 7.99. The van der Waals surface area contributed by atoms with Gasteiger partial charge in [-0.05, 0) is 31.0 Å². The average molecular weight is 435 g/mol. The van der Waals surface area contributed by atoms with Crippen molar-refractivity contribution in [2.45, 2.75) is 32.0 Å². The molecule has 0 atom stereocenters. The molecule has 0 aliphatic carbocycles. The van der Waals surface area contributed by atoms with Crippen molar-refractivity contribution in [2.24, 2.45) is 0 Å². The zero-order chi connectivity index (χ0) is 21.0. The first-order chi connectivity index (χ1) is 13.9. The molecule has 0 bridgehead atoms. The molecule has 0 aliphatic heterocycles. The van der Waals surface area contributed by atoms with E-state index in [4.69, 9.17) is 0 Å². The lowest BCUT2D eigenvalue weighted by atomic mass is 10.1. The molecule has 0 aliphatic rings. The first kappa shape index (κ1) is 21.2. The van der Waals surface area contributed by atoms with Crippen molar-refractivity contribution in [3.05, 3.63) is 58.3 Å². The minimum atomic E-state index is -0.819. The number of halogens is 2. The minimum absolute atomic E-state index is 0.00932. The van der Waals surface area contributed by atoms with E-state index >= 15 is 0 Å². The van der Waals surface area contributed by atoms with Gasteiger partial charge in [0.05, 0.1) is 11.4 Å². The molecule has 1 aromatic carbocycles. The summed E-state index contributed by atoms with van der Waals surface area (Å²) in [6.07, 6.45) is 2.63. The number of nitrogens with one attached hydrogen (secondary N) is 1. The van der Waals surface area contributed by atoms with Gasteiger partial charge in [0.2, 0.25) is 5.91 Å². The van der Waals surface area contributed by atoms with Crippen LogP contribution in [0.5, 0.6) is 0 Å². The number of allylic oxidation sites excluding steroid dienone is 1. The Bertz CT molecular complexity index is 1050. The fraction of sp³-hybridized carbons (Fsp3) is 0.250. The van der Waals surface area contributed by atoms with Gasteiger partial charge in [0.1, 0.15) is 11.6 Å². The third-order valence-corrected chi connectivity index (χ3v) is 6.18. The van der Waals surface area contributed by atoms with E-state index < -0.39 is 17.5 Å². The summed E-state index contributed by atoms with van der Waals surface area (Å²) in [5, 5.41) is 13.6. The standard InChI is InChI=1S/C20H20F2N4OS2/c1-4-8-26-19(15-10-28-12(3)14(15)5-2)24-25-20(26)29-11-18(27)23-17-7-6-13(21)9-16(17)22/h4,6-7,9-10H,1,5,8,11H2,2-3H3,(H,23,27). The Morgan fingerprint density at radius 2 is 2.17 bits per heavy atom. The van der Waals surface area contributed by atoms with Crippen molar-refractivity contribution in [3.8, 4) is 11.4 Å². The van der Waals surface area contributed by atoms with Gasteiger partial charge in [-0.3, -0.25) is 9.36 Å². The van der Waals surface area contributed by atoms with Crippen molar-refractivity contribution < 1.29 is 13.6 Å². The Morgan fingerprint density at radius 3 is 2.86 bits per heavy atom. The van der Waals surface area contributed by atoms with Crippen LogP contribution in [0.25, 0.3) is 11.4 Å². The molecule has 3 rings (SSSR count). The zero-order valence-corrected chi connectivity index (χ0v) is 17.7. The van der Waals surface area contributed by atoms with Gasteiger partial charge in [-0.15, -0.1) is 28.1 Å². The molecule has 0 saturated heterocycles. The van der Waals surface area contributed by atoms with Gasteiger partial charge in [0, 0.05) is 28.4 Å². The summed E-state index contributed by atoms with van der Waals surface area (Å²) in [7, 11) is 0. The fourth-order valence-electron chi connectivity index (χ4n) is 2.90. The number of carbonyl (C=O) groups excluding carboxylic acids is 1. The first-order valence-corrected chi connectivity index (χ1v) is 10.8. The number of benzene rings is 1. The number of hydrogen-bond acceptors (Lipinski definition) is 5. The van der Waals surface area contributed by atoms with Crippen LogP contribution in [-0.4, -0.2) is 26.4 Å². The second-order valence-corrected chi connectivity index (χ2v) is 8.23. The van der Waals surface area contributed by atoms with Gasteiger partial charge in [-0.25, -0.2) is 8.78 Å². The number of aryl methyl sites for hydroxylation is 1. The summed E-state index contributed by atoms with van der Waals surface area (Å²) in [6, 6.07) is 3.01. The molecule has 152 valence electrons. The molecular weight excluding hydrogens is 414 g/mol. The number of aromatic nitrogens is 3. The monoisotopic (exact) mass is 434 g/mol. The normalized spacial score (nSPS) is 10.9. The number of thioether (sulfide) groups is 1. The average Bonchev–Trinajstić information content (AvgIpc) is 3.25. The van der Waals surface area contributed by atoms with E-state index in [1.165, 1.54) is 28.3 Å². The van der Waals surface area contributed by atoms with E-state index in [1.54, 1.807) is 17.4 Å². The van der Waals surface area contributed by atoms with Gasteiger partial charge < -0.3 is 5.32 Å². The Kier molecular flexibility index (Phi) is 6.81. The van der Waals surface area contributed by atoms with Gasteiger partial charge in [-0.1, -0.05) is 24.8 Å². The fourth-order valence-corrected chi connectivity index (χ4v) is 4.59. The third-order valence-electron chi connectivity index (χ3n) is 4.26. The van der Waals surface area contributed by atoms with Gasteiger partial charge >= 0.3 is 0 Å². The maximum Gasteiger partial charge on any atom is 0.234 e. The molecule has 0 saturated carbocycles. The van der Waals surface area contributed by atoms with Crippen LogP contribution < -0.4 is 5.32 Å². The van der Waals surface area contributed by atoms with Crippen molar-refractivity contribution in [2.75, 3.05) is 11.1 Å². The van der Waals surface area contributed by atoms with Gasteiger partial charge in [0.15, 0.2) is 11.0 Å². The number of nitrogens with zero attached hydrogens (tertiary/aromatic N) is 3. The number of rotatable bonds is 8. The van der Waals surface area contributed by atoms with Crippen LogP contribution in [0.3, 0.4) is 0 Å². The summed E-state index contributed by atoms with van der Waals surface area (Å²) < 4.78 is 28.6. The molecule has 9 heteroatoms. The number of amides is 1. The summed E-state index contributed by atoms with van der Waals surface area (Å²) in [6.45, 7) is 8.47. The zero-order valence-electron chi connectivity index (χ0n) is 16.0. The molecule has 1 amide bonds. The third kappa shape index (κ3) is 4.73. The Morgan fingerprint density at radius 1 is 1.38 bits per heavy atom. The molecule has 29 heavy (non-hydrogen) atoms. The van der Waals surface area contributed by atoms with Crippen LogP contribution >= 0.6 is 23.1 Å². The summed E-state index contributed by atoms with van der Waals surface area (Å²) >= 11 is 2.86. The van der Waals surface area contributed by atoms with E-state index in [2.05, 4.69) is 41.3 Å². The van der Waals surface area contributed by atoms with Crippen LogP contribution in [0.15, 0.2) is 41.4 Å². The molecule has 0 radical (unpaired) electrons. The van der Waals surface area contributed by atoms with Crippen molar-refractivity contribution in [3.63, 3.8) is 0 Å². The lowest BCUT2D eigenvalue weighted by Gasteiger charge is -2.09. The summed E-state index contributed by atoms with van der Waals surface area (Å²) in [5.41, 5.74) is 2.20. The molecule has 0 unspecified atom stereocenters. The van der Waals surface area contributed by atoms with Crippen LogP contribution in [0.1, 0.15) is 17.4 Å². The van der Waals surface area contributed by atoms with Crippen molar-refractivity contribution in [1.29, 1.82) is 0 Å². The van der Waals surface area contributed by atoms with Gasteiger partial charge in [0.25, 0.3) is 0 Å². The largest absolute Gasteiger partial charge is 0.323 e. The molecule has 0 spiro atoms. The molecule has 3 aromatic rings. The molecule has 0 fully saturated rings. The second-order valence-electron chi connectivity index (χ2n) is 6.20. The number of carbonyl (C=O) groups is 1. The molecule has 5 nitrogen and oxygen atoms in total. The number of hydrogen-bond donors (Lipinski definition) is 1. The predicted octanol–water partition coefficient (Wildman–Crippen LogP) is 5.07. The highest BCUT2D eigenvalue weighted by Crippen LogP contribution is 2.32. The first-order valence-electron chi connectivity index (χ1n) is 8.93. The molecular formula is C20H20F2N4OS2. The van der Waals surface area contributed by atoms with E-state index in [0.717, 1.165) is 29.9 Å². The van der Waals surface area contributed by atoms with Crippen LogP contribution in [0, 0.1) is 18.6 Å². The molecule has 1 N–H and O–H groups in total. The smallest absolute Gasteiger partial charge is 0.234 e. The second kappa shape index (κ2) is 9.32. The molecule has 2 aromatic heterocycles. The lowest BCUT2D eigenvalue weighted by molar-refractivity contribution is -0.113. The highest BCUT2D eigenvalue weighted by Gasteiger charge is 2.19. The maximum absolute atomic E-state index is 13.7. The molecule has 2 heterocycles. The number of anilines is 1. The summed E-state index contributed by atoms with van der Waals surface area (Å²) in [4.78, 5) is 13.4. The van der Waals surface area contributed by atoms with Crippen molar-refractivity contribution >= 4 is 34.7 Å². The SMILES string of the molecule is C=CCn1c(SCC(=O)Nc2ccc(F)cc2F)nnc1-c1csc(C)c1CC. The maximum atomic E-state index is 13.7. The van der Waals surface area contributed by atoms with Gasteiger partial charge in [-0.2, -0.15) is 0 Å². The van der Waals surface area contributed by atoms with Crippen LogP contribution in [0.2, 0.25) is 0 Å². The minimum Gasteiger partial charge on any atom is -0.323 e. The quantitative estimate of drug-likeness (QED) is 0.397. The lowest BCUT2D eigenvalue weighted by Crippen LogP contribution is -2.15. The Labute approximate surface area is 175 Å². The topological polar surface area (TPSA) is 59.8 Å². The van der Waals surface area contributed by atoms with Crippen molar-refractivity contribution in [1.82, 2.24) is 14.8 Å². The van der Waals surface area contributed by atoms with E-state index in [1.807, 2.05) is 4.57 Å². The highest BCUT2D eigenvalue weighted by atomic mass is 32.2. The van der Waals surface area contributed by atoms with E-state index in [0.29, 0.717) is 11.7 Å². The predicted molar refractivity (Wildman–Crippen MR) is 113 cm³/mol. The summed E-state index contributed by atoms with van der Waals surface area (Å²) in [5.74, 6) is -1.19. The number of thiophene rings is 1.